The molecule has 302 valence electrons. The third-order valence-corrected chi connectivity index (χ3v) is 23.5. The fraction of sp³-hybridized carbons (Fsp3) is 0.911. The summed E-state index contributed by atoms with van der Waals surface area (Å²) in [6.07, 6.45) is 28.6. The summed E-state index contributed by atoms with van der Waals surface area (Å²) < 4.78 is 13.3. The molecule has 0 aromatic heterocycles. The molecule has 0 rings (SSSR count). The molecule has 6 heteroatoms. The Balaban J connectivity index is 6.31. The highest BCUT2D eigenvalue weighted by Gasteiger charge is 2.44. The normalized spacial score (nSPS) is 13.3. The number of hydrogen-bond acceptors (Lipinski definition) is 4. The number of carbonyl (C=O) groups excluding carboxylic acids is 2. The minimum atomic E-state index is -1.93. The van der Waals surface area contributed by atoms with Crippen molar-refractivity contribution < 1.29 is 19.1 Å². The average Bonchev–Trinajstić information content (AvgIpc) is 3.11. The average molecular weight is 751 g/mol. The van der Waals surface area contributed by atoms with Gasteiger partial charge in [0.05, 0.1) is 17.9 Å². The highest BCUT2D eigenvalue weighted by atomic mass is 28.3. The first-order valence-electron chi connectivity index (χ1n) is 22.8. The zero-order valence-corrected chi connectivity index (χ0v) is 37.9. The summed E-state index contributed by atoms with van der Waals surface area (Å²) in [5, 5.41) is 0. The van der Waals surface area contributed by atoms with Gasteiger partial charge in [0.15, 0.2) is 0 Å². The van der Waals surface area contributed by atoms with Gasteiger partial charge >= 0.3 is 11.9 Å². The Labute approximate surface area is 321 Å². The predicted molar refractivity (Wildman–Crippen MR) is 230 cm³/mol. The van der Waals surface area contributed by atoms with Gasteiger partial charge in [-0.15, -0.1) is 0 Å². The van der Waals surface area contributed by atoms with Gasteiger partial charge in [-0.05, 0) is 12.8 Å². The number of esters is 2. The van der Waals surface area contributed by atoms with Crippen LogP contribution in [0.25, 0.3) is 0 Å². The van der Waals surface area contributed by atoms with Crippen LogP contribution in [0.15, 0.2) is 12.2 Å². The van der Waals surface area contributed by atoms with E-state index in [1.54, 1.807) is 0 Å². The lowest BCUT2D eigenvalue weighted by molar-refractivity contribution is -0.149. The van der Waals surface area contributed by atoms with Gasteiger partial charge in [-0.3, -0.25) is 4.79 Å². The Morgan fingerprint density at radius 2 is 0.706 bits per heavy atom. The van der Waals surface area contributed by atoms with Gasteiger partial charge in [0.2, 0.25) is 0 Å². The maximum atomic E-state index is 14.0. The Morgan fingerprint density at radius 1 is 0.431 bits per heavy atom. The van der Waals surface area contributed by atoms with Crippen molar-refractivity contribution in [2.24, 2.45) is 0 Å². The van der Waals surface area contributed by atoms with Crippen LogP contribution in [0.5, 0.6) is 0 Å². The first-order chi connectivity index (χ1) is 24.7. The molecule has 0 heterocycles. The van der Waals surface area contributed by atoms with Gasteiger partial charge in [-0.1, -0.05) is 239 Å². The first kappa shape index (κ1) is 50.1. The molecule has 4 nitrogen and oxygen atoms in total. The van der Waals surface area contributed by atoms with E-state index in [1.165, 1.54) is 152 Å². The number of unbranched alkanes of at least 4 members (excludes halogenated alkanes) is 14. The fourth-order valence-corrected chi connectivity index (χ4v) is 20.0. The molecular weight excluding hydrogens is 661 g/mol. The van der Waals surface area contributed by atoms with Crippen molar-refractivity contribution in [1.82, 2.24) is 0 Å². The van der Waals surface area contributed by atoms with Gasteiger partial charge in [0.25, 0.3) is 0 Å². The molecule has 0 aliphatic rings. The first-order valence-corrected chi connectivity index (χ1v) is 28.2. The van der Waals surface area contributed by atoms with E-state index in [0.29, 0.717) is 5.57 Å². The molecule has 0 spiro atoms. The lowest BCUT2D eigenvalue weighted by atomic mass is 10.2. The zero-order valence-electron chi connectivity index (χ0n) is 35.9. The van der Waals surface area contributed by atoms with Crippen molar-refractivity contribution in [2.75, 3.05) is 0 Å². The summed E-state index contributed by atoms with van der Waals surface area (Å²) in [6, 6.07) is 7.55. The van der Waals surface area contributed by atoms with Crippen molar-refractivity contribution in [3.63, 3.8) is 0 Å². The highest BCUT2D eigenvalue weighted by Crippen LogP contribution is 2.38. The number of hydrogen-bond donors (Lipinski definition) is 0. The van der Waals surface area contributed by atoms with Gasteiger partial charge in [-0.25, -0.2) is 4.79 Å². The van der Waals surface area contributed by atoms with E-state index in [2.05, 4.69) is 62.0 Å². The second-order valence-corrected chi connectivity index (χ2v) is 26.1. The maximum Gasteiger partial charge on any atom is 0.333 e. The quantitative estimate of drug-likeness (QED) is 0.0275. The SMILES string of the molecule is C=C(CC(=O)OC(CCCC)[Si](CCCCC)(CCCCC)CCCCC)C(=O)OC(CCCC)[Si](CCCCC)(CCCCC)CCCCC. The van der Waals surface area contributed by atoms with Crippen LogP contribution in [0.2, 0.25) is 36.3 Å². The predicted octanol–water partition coefficient (Wildman–Crippen LogP) is 15.3. The minimum Gasteiger partial charge on any atom is -0.466 e. The van der Waals surface area contributed by atoms with Crippen LogP contribution in [-0.2, 0) is 19.1 Å². The Bertz CT molecular complexity index is 806. The Hall–Kier alpha value is -0.886. The molecule has 0 radical (unpaired) electrons. The second-order valence-electron chi connectivity index (χ2n) is 16.4. The molecule has 0 fully saturated rings. The Kier molecular flexibility index (Phi) is 32.0. The van der Waals surface area contributed by atoms with Crippen LogP contribution in [0.4, 0.5) is 0 Å². The van der Waals surface area contributed by atoms with E-state index in [4.69, 9.17) is 9.47 Å². The number of rotatable bonds is 37. The van der Waals surface area contributed by atoms with E-state index in [9.17, 15) is 9.59 Å². The van der Waals surface area contributed by atoms with Crippen molar-refractivity contribution in [1.29, 1.82) is 0 Å². The molecule has 0 saturated carbocycles. The molecule has 0 aromatic rings. The third-order valence-electron chi connectivity index (χ3n) is 11.8. The molecule has 0 saturated heterocycles. The summed E-state index contributed by atoms with van der Waals surface area (Å²) in [5.41, 5.74) is 0.341. The molecule has 0 aliphatic carbocycles. The van der Waals surface area contributed by atoms with E-state index in [-0.39, 0.29) is 29.8 Å². The zero-order chi connectivity index (χ0) is 38.2. The van der Waals surface area contributed by atoms with Crippen LogP contribution >= 0.6 is 0 Å². The highest BCUT2D eigenvalue weighted by molar-refractivity contribution is 6.81. The van der Waals surface area contributed by atoms with E-state index in [0.717, 1.165) is 38.5 Å². The summed E-state index contributed by atoms with van der Waals surface area (Å²) >= 11 is 0. The molecule has 0 bridgehead atoms. The molecule has 2 atom stereocenters. The summed E-state index contributed by atoms with van der Waals surface area (Å²) in [4.78, 5) is 27.9. The van der Waals surface area contributed by atoms with Crippen LogP contribution in [0.1, 0.15) is 216 Å². The molecule has 2 unspecified atom stereocenters. The fourth-order valence-electron chi connectivity index (χ4n) is 8.50. The molecule has 0 aromatic carbocycles. The second kappa shape index (κ2) is 32.5. The summed E-state index contributed by atoms with van der Waals surface area (Å²) in [7, 11) is -3.84. The van der Waals surface area contributed by atoms with Crippen molar-refractivity contribution in [3.05, 3.63) is 12.2 Å². The topological polar surface area (TPSA) is 52.6 Å². The number of ether oxygens (including phenoxy) is 2. The number of carbonyl (C=O) groups is 2. The van der Waals surface area contributed by atoms with E-state index >= 15 is 0 Å². The van der Waals surface area contributed by atoms with Gasteiger partial charge in [0.1, 0.15) is 16.1 Å². The maximum absolute atomic E-state index is 14.0. The summed E-state index contributed by atoms with van der Waals surface area (Å²) in [6.45, 7) is 22.4. The van der Waals surface area contributed by atoms with Crippen LogP contribution in [-0.4, -0.2) is 39.5 Å². The van der Waals surface area contributed by atoms with Crippen LogP contribution in [0, 0.1) is 0 Å². The van der Waals surface area contributed by atoms with Gasteiger partial charge < -0.3 is 9.47 Å². The van der Waals surface area contributed by atoms with E-state index in [1.807, 2.05) is 0 Å². The van der Waals surface area contributed by atoms with Gasteiger partial charge in [0, 0.05) is 5.57 Å². The Morgan fingerprint density at radius 3 is 0.980 bits per heavy atom. The minimum absolute atomic E-state index is 0.0105. The van der Waals surface area contributed by atoms with Crippen molar-refractivity contribution >= 4 is 28.1 Å². The van der Waals surface area contributed by atoms with Gasteiger partial charge in [-0.2, -0.15) is 0 Å². The van der Waals surface area contributed by atoms with E-state index < -0.39 is 16.1 Å². The summed E-state index contributed by atoms with van der Waals surface area (Å²) in [5.74, 6) is -0.590. The van der Waals surface area contributed by atoms with Crippen LogP contribution < -0.4 is 0 Å². The standard InChI is InChI=1S/C45H90O4Si2/c1-10-18-26-34-50(35-27-19-11-2,36-28-20-12-3)43(32-24-16-7)48-42(46)40-41(9)45(47)49-44(33-25-17-8)51(37-29-21-13-4,38-30-22-14-5)39-31-23-15-6/h43-44H,9-40H2,1-8H3. The molecule has 0 amide bonds. The monoisotopic (exact) mass is 751 g/mol. The molecule has 0 aliphatic heterocycles. The lowest BCUT2D eigenvalue weighted by Gasteiger charge is -2.40. The van der Waals surface area contributed by atoms with Crippen LogP contribution in [0.3, 0.4) is 0 Å². The molecule has 0 N–H and O–H groups in total. The largest absolute Gasteiger partial charge is 0.466 e. The lowest BCUT2D eigenvalue weighted by Crippen LogP contribution is -2.50. The smallest absolute Gasteiger partial charge is 0.333 e. The molecule has 51 heavy (non-hydrogen) atoms. The third kappa shape index (κ3) is 21.6. The van der Waals surface area contributed by atoms with Crippen molar-refractivity contribution in [3.8, 4) is 0 Å². The van der Waals surface area contributed by atoms with Crippen molar-refractivity contribution in [2.45, 2.75) is 264 Å². The molecular formula is C45H90O4Si2.